The molecule has 16 nitrogen and oxygen atoms in total. The number of H-pyrrole nitrogens is 1. The molecule has 1 fully saturated rings. The maximum Gasteiger partial charge on any atom is 0.510 e. The van der Waals surface area contributed by atoms with E-state index in [1.54, 1.807) is 27.7 Å². The van der Waals surface area contributed by atoms with Crippen LogP contribution in [0.15, 0.2) is 21.9 Å². The maximum absolute atomic E-state index is 13.4. The largest absolute Gasteiger partial charge is 0.510 e. The Morgan fingerprint density at radius 1 is 1.18 bits per heavy atom. The molecule has 0 aliphatic carbocycles. The Bertz CT molecular complexity index is 1130. The summed E-state index contributed by atoms with van der Waals surface area (Å²) < 4.78 is 44.8. The molecule has 0 spiro atoms. The van der Waals surface area contributed by atoms with Crippen LogP contribution in [0.3, 0.4) is 0 Å². The number of esters is 1. The smallest absolute Gasteiger partial charge is 0.462 e. The van der Waals surface area contributed by atoms with Gasteiger partial charge in [-0.05, 0) is 41.5 Å². The summed E-state index contributed by atoms with van der Waals surface area (Å²) in [6.45, 7) is 7.31. The zero-order chi connectivity index (χ0) is 28.8. The molecule has 1 aliphatic heterocycles. The first-order valence-electron chi connectivity index (χ1n) is 11.6. The monoisotopic (exact) mass is 567 g/mol. The number of carbonyl (C=O) groups is 2. The number of hydrogen-bond donors (Lipinski definition) is 4. The van der Waals surface area contributed by atoms with Crippen molar-refractivity contribution in [1.82, 2.24) is 14.6 Å². The second-order valence-corrected chi connectivity index (χ2v) is 10.9. The molecule has 1 aliphatic rings. The third-order valence-corrected chi connectivity index (χ3v) is 6.69. The standard InChI is InChI=1S/C21H34N3O13P/c1-11(2)35-17(27)13(5)23-38(31,34-10-32-20(29)36-12(3)4)33-9-14-16(26)21(6,30)18(37-14)24-8-7-15(25)22-19(24)28/h7-8,11-14,16,18,26,30H,9-10H2,1-6H3,(H,23,31)(H,22,25,28)/t13-,14+,16+,18+,21+,38?/m0/s1. The lowest BCUT2D eigenvalue weighted by atomic mass is 9.96. The van der Waals surface area contributed by atoms with E-state index in [4.69, 9.17) is 28.0 Å². The van der Waals surface area contributed by atoms with Crippen molar-refractivity contribution in [3.8, 4) is 0 Å². The average molecular weight is 567 g/mol. The minimum absolute atomic E-state index is 0.473. The van der Waals surface area contributed by atoms with E-state index in [2.05, 4.69) is 5.09 Å². The topological polar surface area (TPSA) is 214 Å². The molecule has 38 heavy (non-hydrogen) atoms. The van der Waals surface area contributed by atoms with Crippen LogP contribution in [0.2, 0.25) is 0 Å². The Hall–Kier alpha value is -2.59. The van der Waals surface area contributed by atoms with Crippen LogP contribution in [0.25, 0.3) is 0 Å². The van der Waals surface area contributed by atoms with Crippen LogP contribution in [0, 0.1) is 0 Å². The van der Waals surface area contributed by atoms with Crippen molar-refractivity contribution in [3.63, 3.8) is 0 Å². The van der Waals surface area contributed by atoms with Crippen molar-refractivity contribution in [2.75, 3.05) is 13.4 Å². The van der Waals surface area contributed by atoms with Gasteiger partial charge in [-0.2, -0.15) is 0 Å². The highest BCUT2D eigenvalue weighted by atomic mass is 31.2. The summed E-state index contributed by atoms with van der Waals surface area (Å²) in [5.41, 5.74) is -3.64. The molecule has 17 heteroatoms. The molecule has 1 aromatic rings. The van der Waals surface area contributed by atoms with E-state index in [0.717, 1.165) is 16.8 Å². The lowest BCUT2D eigenvalue weighted by Crippen LogP contribution is -2.47. The van der Waals surface area contributed by atoms with Gasteiger partial charge in [-0.25, -0.2) is 19.2 Å². The highest BCUT2D eigenvalue weighted by molar-refractivity contribution is 7.51. The summed E-state index contributed by atoms with van der Waals surface area (Å²) in [5.74, 6) is -0.787. The quantitative estimate of drug-likeness (QED) is 0.150. The lowest BCUT2D eigenvalue weighted by Gasteiger charge is -2.27. The van der Waals surface area contributed by atoms with Crippen LogP contribution < -0.4 is 16.3 Å². The predicted octanol–water partition coefficient (Wildman–Crippen LogP) is 0.136. The molecular weight excluding hydrogens is 533 g/mol. The number of ether oxygens (including phenoxy) is 4. The Balaban J connectivity index is 2.17. The summed E-state index contributed by atoms with van der Waals surface area (Å²) in [4.78, 5) is 49.4. The summed E-state index contributed by atoms with van der Waals surface area (Å²) in [6.07, 6.45) is -5.50. The number of aromatic amines is 1. The summed E-state index contributed by atoms with van der Waals surface area (Å²) in [7, 11) is -4.46. The van der Waals surface area contributed by atoms with E-state index in [1.165, 1.54) is 13.8 Å². The van der Waals surface area contributed by atoms with Gasteiger partial charge in [0.2, 0.25) is 6.79 Å². The molecule has 216 valence electrons. The molecule has 0 bridgehead atoms. The molecule has 6 atom stereocenters. The van der Waals surface area contributed by atoms with Crippen LogP contribution in [0.5, 0.6) is 0 Å². The third-order valence-electron chi connectivity index (χ3n) is 5.06. The fourth-order valence-electron chi connectivity index (χ4n) is 3.27. The first-order valence-corrected chi connectivity index (χ1v) is 13.2. The molecule has 1 aromatic heterocycles. The Morgan fingerprint density at radius 3 is 2.39 bits per heavy atom. The molecule has 4 N–H and O–H groups in total. The molecule has 2 rings (SSSR count). The maximum atomic E-state index is 13.4. The van der Waals surface area contributed by atoms with Gasteiger partial charge in [-0.3, -0.25) is 28.2 Å². The van der Waals surface area contributed by atoms with E-state index >= 15 is 0 Å². The molecule has 1 saturated heterocycles. The Labute approximate surface area is 217 Å². The molecule has 2 heterocycles. The molecule has 0 saturated carbocycles. The normalized spacial score (nSPS) is 25.7. The van der Waals surface area contributed by atoms with Gasteiger partial charge in [0, 0.05) is 12.3 Å². The number of hydrogen-bond acceptors (Lipinski definition) is 13. The highest BCUT2D eigenvalue weighted by Crippen LogP contribution is 2.46. The molecule has 0 amide bonds. The van der Waals surface area contributed by atoms with Gasteiger partial charge in [-0.1, -0.05) is 0 Å². The SMILES string of the molecule is CC(C)OC(=O)OCOP(=O)(N[C@@H](C)C(=O)OC(C)C)OC[C@H]1O[C@@H](n2ccc(=O)[nH]c2=O)[C@](C)(O)[C@@H]1O. The second kappa shape index (κ2) is 13.0. The first kappa shape index (κ1) is 31.6. The van der Waals surface area contributed by atoms with Gasteiger partial charge in [-0.15, -0.1) is 0 Å². The van der Waals surface area contributed by atoms with Crippen molar-refractivity contribution in [1.29, 1.82) is 0 Å². The Kier molecular flexibility index (Phi) is 10.8. The average Bonchev–Trinajstić information content (AvgIpc) is 3.00. The fraction of sp³-hybridized carbons (Fsp3) is 0.714. The van der Waals surface area contributed by atoms with E-state index in [1.807, 2.05) is 4.98 Å². The van der Waals surface area contributed by atoms with Gasteiger partial charge < -0.3 is 29.2 Å². The third kappa shape index (κ3) is 8.46. The first-order chi connectivity index (χ1) is 17.6. The summed E-state index contributed by atoms with van der Waals surface area (Å²) in [6, 6.07) is -0.193. The van der Waals surface area contributed by atoms with Gasteiger partial charge in [0.1, 0.15) is 23.9 Å². The van der Waals surface area contributed by atoms with E-state index in [-0.39, 0.29) is 0 Å². The van der Waals surface area contributed by atoms with Gasteiger partial charge in [0.25, 0.3) is 5.56 Å². The number of rotatable bonds is 12. The molecule has 0 radical (unpaired) electrons. The van der Waals surface area contributed by atoms with E-state index in [9.17, 15) is 34.0 Å². The van der Waals surface area contributed by atoms with Gasteiger partial charge in [0.05, 0.1) is 18.8 Å². The van der Waals surface area contributed by atoms with Crippen molar-refractivity contribution in [2.45, 2.75) is 83.8 Å². The van der Waals surface area contributed by atoms with Gasteiger partial charge in [0.15, 0.2) is 6.23 Å². The molecule has 0 aromatic carbocycles. The van der Waals surface area contributed by atoms with Crippen molar-refractivity contribution in [2.24, 2.45) is 0 Å². The zero-order valence-corrected chi connectivity index (χ0v) is 22.7. The van der Waals surface area contributed by atoms with Crippen LogP contribution in [-0.4, -0.2) is 81.3 Å². The highest BCUT2D eigenvalue weighted by Gasteiger charge is 2.54. The molecular formula is C21H34N3O13P. The minimum Gasteiger partial charge on any atom is -0.462 e. The number of carbonyl (C=O) groups excluding carboxylic acids is 2. The van der Waals surface area contributed by atoms with Crippen LogP contribution in [0.1, 0.15) is 47.8 Å². The minimum atomic E-state index is -4.46. The van der Waals surface area contributed by atoms with Crippen molar-refractivity contribution >= 4 is 19.9 Å². The van der Waals surface area contributed by atoms with Crippen LogP contribution >= 0.6 is 7.75 Å². The Morgan fingerprint density at radius 2 is 1.82 bits per heavy atom. The van der Waals surface area contributed by atoms with Crippen molar-refractivity contribution in [3.05, 3.63) is 33.1 Å². The fourth-order valence-corrected chi connectivity index (χ4v) is 4.61. The number of aromatic nitrogens is 2. The molecule has 1 unspecified atom stereocenters. The summed E-state index contributed by atoms with van der Waals surface area (Å²) in [5, 5.41) is 23.8. The predicted molar refractivity (Wildman–Crippen MR) is 128 cm³/mol. The lowest BCUT2D eigenvalue weighted by molar-refractivity contribution is -0.149. The van der Waals surface area contributed by atoms with Gasteiger partial charge >= 0.3 is 25.6 Å². The number of nitrogens with zero attached hydrogens (tertiary/aromatic N) is 1. The van der Waals surface area contributed by atoms with E-state index < -0.39 is 86.8 Å². The number of nitrogens with one attached hydrogen (secondary N) is 2. The summed E-state index contributed by atoms with van der Waals surface area (Å²) >= 11 is 0. The number of aliphatic hydroxyl groups is 2. The number of aliphatic hydroxyl groups excluding tert-OH is 1. The van der Waals surface area contributed by atoms with Crippen molar-refractivity contribution < 1.29 is 52.4 Å². The van der Waals surface area contributed by atoms with Crippen LogP contribution in [-0.2, 0) is 37.4 Å². The zero-order valence-electron chi connectivity index (χ0n) is 21.8. The second-order valence-electron chi connectivity index (χ2n) is 9.15. The van der Waals surface area contributed by atoms with Crippen LogP contribution in [0.4, 0.5) is 4.79 Å². The van der Waals surface area contributed by atoms with E-state index in [0.29, 0.717) is 0 Å².